The van der Waals surface area contributed by atoms with Crippen LogP contribution in [0.25, 0.3) is 11.3 Å². The van der Waals surface area contributed by atoms with Gasteiger partial charge in [-0.15, -0.1) is 0 Å². The van der Waals surface area contributed by atoms with Gasteiger partial charge >= 0.3 is 18.0 Å². The van der Waals surface area contributed by atoms with E-state index in [0.29, 0.717) is 6.07 Å². The lowest BCUT2D eigenvalue weighted by molar-refractivity contribution is -0.150. The fourth-order valence-corrected chi connectivity index (χ4v) is 3.21. The SMILES string of the molecule is CCOC(=O)[C@H]1CN(C(=O)O)CC[C@@H]1NC(=O)c1ncc(-c2ccc(F)cc2F)o1. The van der Waals surface area contributed by atoms with E-state index in [2.05, 4.69) is 10.3 Å². The number of nitrogens with one attached hydrogen (secondary N) is 1. The lowest BCUT2D eigenvalue weighted by Crippen LogP contribution is -2.55. The summed E-state index contributed by atoms with van der Waals surface area (Å²) in [4.78, 5) is 40.9. The Hall–Kier alpha value is -3.50. The van der Waals surface area contributed by atoms with Gasteiger partial charge in [-0.05, 0) is 25.5 Å². The third-order valence-electron chi connectivity index (χ3n) is 4.69. The van der Waals surface area contributed by atoms with Crippen LogP contribution in [0.4, 0.5) is 13.6 Å². The molecule has 0 aliphatic carbocycles. The van der Waals surface area contributed by atoms with Gasteiger partial charge in [-0.25, -0.2) is 18.6 Å². The molecule has 9 nitrogen and oxygen atoms in total. The first kappa shape index (κ1) is 21.2. The van der Waals surface area contributed by atoms with Crippen molar-refractivity contribution < 1.29 is 37.4 Å². The number of aromatic nitrogens is 1. The number of nitrogens with zero attached hydrogens (tertiary/aromatic N) is 2. The lowest BCUT2D eigenvalue weighted by Gasteiger charge is -2.35. The molecule has 2 heterocycles. The Morgan fingerprint density at radius 2 is 2.13 bits per heavy atom. The summed E-state index contributed by atoms with van der Waals surface area (Å²) >= 11 is 0. The molecule has 3 rings (SSSR count). The number of hydrogen-bond acceptors (Lipinski definition) is 6. The normalized spacial score (nSPS) is 18.7. The summed E-state index contributed by atoms with van der Waals surface area (Å²) in [5.41, 5.74) is -0.0675. The second-order valence-electron chi connectivity index (χ2n) is 6.61. The molecule has 1 saturated heterocycles. The number of likely N-dealkylation sites (tertiary alicyclic amines) is 1. The smallest absolute Gasteiger partial charge is 0.407 e. The first-order chi connectivity index (χ1) is 14.3. The van der Waals surface area contributed by atoms with Gasteiger partial charge in [-0.2, -0.15) is 0 Å². The van der Waals surface area contributed by atoms with Gasteiger partial charge in [0.05, 0.1) is 24.3 Å². The highest BCUT2D eigenvalue weighted by Gasteiger charge is 2.38. The van der Waals surface area contributed by atoms with Crippen LogP contribution in [0.3, 0.4) is 0 Å². The molecule has 2 atom stereocenters. The van der Waals surface area contributed by atoms with Crippen molar-refractivity contribution in [3.8, 4) is 11.3 Å². The molecule has 1 aromatic carbocycles. The molecule has 0 spiro atoms. The number of halogens is 2. The second-order valence-corrected chi connectivity index (χ2v) is 6.61. The van der Waals surface area contributed by atoms with E-state index in [0.717, 1.165) is 23.2 Å². The Bertz CT molecular complexity index is 963. The van der Waals surface area contributed by atoms with Crippen LogP contribution in [0, 0.1) is 17.6 Å². The molecule has 1 aromatic heterocycles. The number of carboxylic acid groups (broad SMARTS) is 1. The number of rotatable bonds is 5. The maximum Gasteiger partial charge on any atom is 0.407 e. The van der Waals surface area contributed by atoms with E-state index in [4.69, 9.17) is 9.15 Å². The van der Waals surface area contributed by atoms with Gasteiger partial charge in [0, 0.05) is 25.2 Å². The first-order valence-corrected chi connectivity index (χ1v) is 9.16. The van der Waals surface area contributed by atoms with Gasteiger partial charge in [0.1, 0.15) is 11.6 Å². The Balaban J connectivity index is 1.74. The van der Waals surface area contributed by atoms with E-state index in [9.17, 15) is 28.3 Å². The minimum atomic E-state index is -1.17. The lowest BCUT2D eigenvalue weighted by atomic mass is 9.92. The molecule has 2 amide bonds. The number of esters is 1. The molecule has 0 radical (unpaired) electrons. The zero-order valence-electron chi connectivity index (χ0n) is 15.9. The molecule has 30 heavy (non-hydrogen) atoms. The minimum absolute atomic E-state index is 0.0675. The molecule has 1 aliphatic rings. The summed E-state index contributed by atoms with van der Waals surface area (Å²) in [5, 5.41) is 11.8. The van der Waals surface area contributed by atoms with E-state index >= 15 is 0 Å². The Kier molecular flexibility index (Phi) is 6.28. The van der Waals surface area contributed by atoms with Gasteiger partial charge < -0.3 is 24.5 Å². The van der Waals surface area contributed by atoms with Crippen LogP contribution in [-0.2, 0) is 9.53 Å². The first-order valence-electron chi connectivity index (χ1n) is 9.16. The summed E-state index contributed by atoms with van der Waals surface area (Å²) in [6.07, 6.45) is 0.135. The average molecular weight is 423 g/mol. The second kappa shape index (κ2) is 8.89. The van der Waals surface area contributed by atoms with Gasteiger partial charge in [0.25, 0.3) is 5.89 Å². The van der Waals surface area contributed by atoms with E-state index in [1.54, 1.807) is 6.92 Å². The molecular weight excluding hydrogens is 404 g/mol. The summed E-state index contributed by atoms with van der Waals surface area (Å²) in [6.45, 7) is 1.71. The van der Waals surface area contributed by atoms with Crippen LogP contribution in [0.15, 0.2) is 28.8 Å². The van der Waals surface area contributed by atoms with Crippen LogP contribution in [0.2, 0.25) is 0 Å². The zero-order chi connectivity index (χ0) is 21.8. The summed E-state index contributed by atoms with van der Waals surface area (Å²) in [6, 6.07) is 2.18. The van der Waals surface area contributed by atoms with Crippen LogP contribution < -0.4 is 5.32 Å². The molecule has 2 N–H and O–H groups in total. The molecule has 1 aliphatic heterocycles. The van der Waals surface area contributed by atoms with Crippen LogP contribution >= 0.6 is 0 Å². The van der Waals surface area contributed by atoms with E-state index in [1.807, 2.05) is 0 Å². The largest absolute Gasteiger partial charge is 0.466 e. The highest BCUT2D eigenvalue weighted by atomic mass is 19.1. The van der Waals surface area contributed by atoms with Crippen molar-refractivity contribution in [2.75, 3.05) is 19.7 Å². The number of benzene rings is 1. The summed E-state index contributed by atoms with van der Waals surface area (Å²) in [5.74, 6) is -4.37. The number of amides is 2. The third-order valence-corrected chi connectivity index (χ3v) is 4.69. The fourth-order valence-electron chi connectivity index (χ4n) is 3.21. The maximum absolute atomic E-state index is 13.9. The third kappa shape index (κ3) is 4.56. The van der Waals surface area contributed by atoms with Crippen molar-refractivity contribution >= 4 is 18.0 Å². The highest BCUT2D eigenvalue weighted by Crippen LogP contribution is 2.25. The van der Waals surface area contributed by atoms with E-state index in [1.165, 1.54) is 0 Å². The molecule has 1 fully saturated rings. The number of oxazole rings is 1. The number of hydrogen-bond donors (Lipinski definition) is 2. The van der Waals surface area contributed by atoms with Crippen LogP contribution in [0.5, 0.6) is 0 Å². The molecule has 0 saturated carbocycles. The van der Waals surface area contributed by atoms with Crippen molar-refractivity contribution in [1.29, 1.82) is 0 Å². The zero-order valence-corrected chi connectivity index (χ0v) is 15.9. The summed E-state index contributed by atoms with van der Waals surface area (Å²) < 4.78 is 37.2. The van der Waals surface area contributed by atoms with Crippen molar-refractivity contribution in [3.05, 3.63) is 41.9 Å². The Morgan fingerprint density at radius 1 is 1.37 bits per heavy atom. The predicted octanol–water partition coefficient (Wildman–Crippen LogP) is 2.28. The van der Waals surface area contributed by atoms with Gasteiger partial charge in [-0.1, -0.05) is 0 Å². The van der Waals surface area contributed by atoms with Gasteiger partial charge in [0.15, 0.2) is 5.76 Å². The molecular formula is C19H19F2N3O6. The molecule has 0 unspecified atom stereocenters. The highest BCUT2D eigenvalue weighted by molar-refractivity contribution is 5.91. The average Bonchev–Trinajstić information content (AvgIpc) is 3.18. The quantitative estimate of drug-likeness (QED) is 0.708. The Labute approximate surface area is 169 Å². The standard InChI is InChI=1S/C19H19F2N3O6/c1-2-29-18(26)12-9-24(19(27)28)6-5-14(12)23-16(25)17-22-8-15(30-17)11-4-3-10(20)7-13(11)21/h3-4,7-8,12,14H,2,5-6,9H2,1H3,(H,23,25)(H,27,28)/t12-,14-/m0/s1. The van der Waals surface area contributed by atoms with Gasteiger partial charge in [-0.3, -0.25) is 9.59 Å². The van der Waals surface area contributed by atoms with Crippen molar-refractivity contribution in [3.63, 3.8) is 0 Å². The van der Waals surface area contributed by atoms with E-state index in [-0.39, 0.29) is 43.3 Å². The number of carbonyl (C=O) groups excluding carboxylic acids is 2. The van der Waals surface area contributed by atoms with Crippen LogP contribution in [0.1, 0.15) is 24.0 Å². The summed E-state index contributed by atoms with van der Waals surface area (Å²) in [7, 11) is 0. The number of carbonyl (C=O) groups is 3. The molecule has 11 heteroatoms. The minimum Gasteiger partial charge on any atom is -0.466 e. The number of piperidine rings is 1. The van der Waals surface area contributed by atoms with Crippen molar-refractivity contribution in [2.24, 2.45) is 5.92 Å². The molecule has 0 bridgehead atoms. The van der Waals surface area contributed by atoms with Gasteiger partial charge in [0.2, 0.25) is 0 Å². The van der Waals surface area contributed by atoms with E-state index < -0.39 is 41.6 Å². The molecule has 160 valence electrons. The Morgan fingerprint density at radius 3 is 2.80 bits per heavy atom. The van der Waals surface area contributed by atoms with Crippen molar-refractivity contribution in [1.82, 2.24) is 15.2 Å². The van der Waals surface area contributed by atoms with Crippen molar-refractivity contribution in [2.45, 2.75) is 19.4 Å². The van der Waals surface area contributed by atoms with Crippen LogP contribution in [-0.4, -0.2) is 58.7 Å². The fraction of sp³-hybridized carbons (Fsp3) is 0.368. The number of ether oxygens (including phenoxy) is 1. The predicted molar refractivity (Wildman–Crippen MR) is 97.4 cm³/mol. The maximum atomic E-state index is 13.9. The topological polar surface area (TPSA) is 122 Å². The monoisotopic (exact) mass is 423 g/mol. The molecule has 2 aromatic rings.